The van der Waals surface area contributed by atoms with Crippen molar-refractivity contribution in [2.24, 2.45) is 5.92 Å². The summed E-state index contributed by atoms with van der Waals surface area (Å²) in [6.07, 6.45) is 4.23. The summed E-state index contributed by atoms with van der Waals surface area (Å²) in [7, 11) is 0. The fourth-order valence-corrected chi connectivity index (χ4v) is 3.69. The molecule has 0 aromatic heterocycles. The van der Waals surface area contributed by atoms with Gasteiger partial charge in [-0.25, -0.2) is 0 Å². The Hall–Kier alpha value is -1.84. The minimum absolute atomic E-state index is 0.330. The lowest BCUT2D eigenvalue weighted by molar-refractivity contribution is 0.0793. The number of benzene rings is 2. The van der Waals surface area contributed by atoms with Gasteiger partial charge in [0.2, 0.25) is 0 Å². The fraction of sp³-hybridized carbons (Fsp3) is 0.455. The van der Waals surface area contributed by atoms with Crippen LogP contribution < -0.4 is 10.1 Å². The standard InChI is InChI=1S/C22H27NO2/c1-16(23-21-13-14-24-22(21)19-7-8-19)18-9-11-20(12-10-18)25-15-17-5-3-2-4-6-17/h2-6,9-12,16,19,21-23H,7-8,13-15H2,1H3. The summed E-state index contributed by atoms with van der Waals surface area (Å²) in [5.74, 6) is 1.71. The molecule has 2 aromatic carbocycles. The van der Waals surface area contributed by atoms with Gasteiger partial charge in [0.05, 0.1) is 6.10 Å². The molecule has 2 aliphatic rings. The van der Waals surface area contributed by atoms with Crippen LogP contribution in [0.25, 0.3) is 0 Å². The Kier molecular flexibility index (Phi) is 5.04. The number of nitrogens with one attached hydrogen (secondary N) is 1. The number of ether oxygens (including phenoxy) is 2. The highest BCUT2D eigenvalue weighted by molar-refractivity contribution is 5.29. The first-order chi connectivity index (χ1) is 12.3. The molecule has 1 N–H and O–H groups in total. The molecule has 0 spiro atoms. The molecule has 1 aliphatic carbocycles. The molecule has 2 aromatic rings. The van der Waals surface area contributed by atoms with Crippen molar-refractivity contribution in [3.05, 3.63) is 65.7 Å². The van der Waals surface area contributed by atoms with Crippen LogP contribution in [0, 0.1) is 5.92 Å². The molecule has 1 saturated carbocycles. The molecule has 3 nitrogen and oxygen atoms in total. The molecular weight excluding hydrogens is 310 g/mol. The number of rotatable bonds is 7. The van der Waals surface area contributed by atoms with Gasteiger partial charge in [-0.05, 0) is 55.4 Å². The highest BCUT2D eigenvalue weighted by Gasteiger charge is 2.40. The third-order valence-electron chi connectivity index (χ3n) is 5.31. The van der Waals surface area contributed by atoms with Crippen LogP contribution in [0.15, 0.2) is 54.6 Å². The van der Waals surface area contributed by atoms with E-state index in [4.69, 9.17) is 9.47 Å². The normalized spacial score (nSPS) is 24.2. The van der Waals surface area contributed by atoms with E-state index in [0.29, 0.717) is 24.8 Å². The molecule has 0 amide bonds. The molecule has 3 unspecified atom stereocenters. The second-order valence-electron chi connectivity index (χ2n) is 7.30. The molecule has 3 atom stereocenters. The van der Waals surface area contributed by atoms with Gasteiger partial charge in [-0.15, -0.1) is 0 Å². The molecule has 25 heavy (non-hydrogen) atoms. The minimum atomic E-state index is 0.330. The van der Waals surface area contributed by atoms with Crippen LogP contribution in [0.3, 0.4) is 0 Å². The largest absolute Gasteiger partial charge is 0.489 e. The average Bonchev–Trinajstić information content (AvgIpc) is 3.40. The Labute approximate surface area is 150 Å². The Morgan fingerprint density at radius 2 is 1.80 bits per heavy atom. The lowest BCUT2D eigenvalue weighted by atomic mass is 10.0. The van der Waals surface area contributed by atoms with E-state index in [-0.39, 0.29) is 0 Å². The Bertz CT molecular complexity index is 666. The van der Waals surface area contributed by atoms with Crippen LogP contribution in [0.5, 0.6) is 5.75 Å². The maximum absolute atomic E-state index is 5.94. The molecule has 1 saturated heterocycles. The molecule has 1 heterocycles. The minimum Gasteiger partial charge on any atom is -0.489 e. The van der Waals surface area contributed by atoms with E-state index >= 15 is 0 Å². The molecule has 2 fully saturated rings. The van der Waals surface area contributed by atoms with E-state index in [1.807, 2.05) is 18.2 Å². The summed E-state index contributed by atoms with van der Waals surface area (Å²) in [6, 6.07) is 19.6. The number of hydrogen-bond donors (Lipinski definition) is 1. The van der Waals surface area contributed by atoms with Gasteiger partial charge in [-0.2, -0.15) is 0 Å². The quantitative estimate of drug-likeness (QED) is 0.808. The van der Waals surface area contributed by atoms with Gasteiger partial charge < -0.3 is 14.8 Å². The smallest absolute Gasteiger partial charge is 0.119 e. The van der Waals surface area contributed by atoms with Crippen LogP contribution in [-0.2, 0) is 11.3 Å². The van der Waals surface area contributed by atoms with Crippen molar-refractivity contribution >= 4 is 0 Å². The summed E-state index contributed by atoms with van der Waals surface area (Å²) in [6.45, 7) is 3.75. The third kappa shape index (κ3) is 4.23. The summed E-state index contributed by atoms with van der Waals surface area (Å²) in [4.78, 5) is 0. The van der Waals surface area contributed by atoms with E-state index in [9.17, 15) is 0 Å². The van der Waals surface area contributed by atoms with Crippen LogP contribution in [0.4, 0.5) is 0 Å². The Balaban J connectivity index is 1.31. The van der Waals surface area contributed by atoms with E-state index in [1.54, 1.807) is 0 Å². The fourth-order valence-electron chi connectivity index (χ4n) is 3.69. The second-order valence-corrected chi connectivity index (χ2v) is 7.30. The van der Waals surface area contributed by atoms with Crippen molar-refractivity contribution in [2.45, 2.75) is 51.0 Å². The zero-order chi connectivity index (χ0) is 17.1. The van der Waals surface area contributed by atoms with Gasteiger partial charge in [-0.3, -0.25) is 0 Å². The third-order valence-corrected chi connectivity index (χ3v) is 5.31. The molecular formula is C22H27NO2. The van der Waals surface area contributed by atoms with Gasteiger partial charge in [0.1, 0.15) is 12.4 Å². The molecule has 1 aliphatic heterocycles. The highest BCUT2D eigenvalue weighted by Crippen LogP contribution is 2.39. The Morgan fingerprint density at radius 3 is 2.52 bits per heavy atom. The molecule has 3 heteroatoms. The molecule has 132 valence electrons. The van der Waals surface area contributed by atoms with Crippen molar-refractivity contribution < 1.29 is 9.47 Å². The first-order valence-corrected chi connectivity index (χ1v) is 9.44. The van der Waals surface area contributed by atoms with Gasteiger partial charge >= 0.3 is 0 Å². The zero-order valence-electron chi connectivity index (χ0n) is 14.9. The van der Waals surface area contributed by atoms with Crippen LogP contribution >= 0.6 is 0 Å². The van der Waals surface area contributed by atoms with Crippen molar-refractivity contribution in [3.8, 4) is 5.75 Å². The summed E-state index contributed by atoms with van der Waals surface area (Å²) in [5.41, 5.74) is 2.49. The monoisotopic (exact) mass is 337 g/mol. The van der Waals surface area contributed by atoms with Gasteiger partial charge in [0.15, 0.2) is 0 Å². The van der Waals surface area contributed by atoms with Crippen LogP contribution in [0.1, 0.15) is 43.4 Å². The van der Waals surface area contributed by atoms with Crippen molar-refractivity contribution in [1.82, 2.24) is 5.32 Å². The molecule has 0 radical (unpaired) electrons. The van der Waals surface area contributed by atoms with Crippen LogP contribution in [-0.4, -0.2) is 18.8 Å². The SMILES string of the molecule is CC(NC1CCOC1C1CC1)c1ccc(OCc2ccccc2)cc1. The predicted molar refractivity (Wildman–Crippen MR) is 99.6 cm³/mol. The van der Waals surface area contributed by atoms with E-state index < -0.39 is 0 Å². The van der Waals surface area contributed by atoms with Crippen molar-refractivity contribution in [2.75, 3.05) is 6.61 Å². The summed E-state index contributed by atoms with van der Waals surface area (Å²) >= 11 is 0. The topological polar surface area (TPSA) is 30.5 Å². The number of hydrogen-bond acceptors (Lipinski definition) is 3. The molecule has 4 rings (SSSR count). The van der Waals surface area contributed by atoms with E-state index in [0.717, 1.165) is 24.7 Å². The maximum atomic E-state index is 5.94. The zero-order valence-corrected chi connectivity index (χ0v) is 14.9. The predicted octanol–water partition coefficient (Wildman–Crippen LogP) is 4.48. The van der Waals surface area contributed by atoms with Gasteiger partial charge in [0.25, 0.3) is 0 Å². The maximum Gasteiger partial charge on any atom is 0.119 e. The lowest BCUT2D eigenvalue weighted by Gasteiger charge is -2.24. The highest BCUT2D eigenvalue weighted by atomic mass is 16.5. The van der Waals surface area contributed by atoms with Crippen molar-refractivity contribution in [3.63, 3.8) is 0 Å². The average molecular weight is 337 g/mol. The first kappa shape index (κ1) is 16.6. The van der Waals surface area contributed by atoms with Gasteiger partial charge in [-0.1, -0.05) is 42.5 Å². The van der Waals surface area contributed by atoms with Crippen molar-refractivity contribution in [1.29, 1.82) is 0 Å². The van der Waals surface area contributed by atoms with E-state index in [2.05, 4.69) is 48.6 Å². The molecule has 0 bridgehead atoms. The van der Waals surface area contributed by atoms with Crippen LogP contribution in [0.2, 0.25) is 0 Å². The Morgan fingerprint density at radius 1 is 1.04 bits per heavy atom. The lowest BCUT2D eigenvalue weighted by Crippen LogP contribution is -2.39. The van der Waals surface area contributed by atoms with E-state index in [1.165, 1.54) is 24.0 Å². The summed E-state index contributed by atoms with van der Waals surface area (Å²) in [5, 5.41) is 3.78. The van der Waals surface area contributed by atoms with Gasteiger partial charge in [0, 0.05) is 18.7 Å². The summed E-state index contributed by atoms with van der Waals surface area (Å²) < 4.78 is 11.8. The second kappa shape index (κ2) is 7.59. The first-order valence-electron chi connectivity index (χ1n) is 9.44.